The van der Waals surface area contributed by atoms with Crippen LogP contribution in [0.15, 0.2) is 29.2 Å². The van der Waals surface area contributed by atoms with Crippen LogP contribution in [-0.4, -0.2) is 19.6 Å². The summed E-state index contributed by atoms with van der Waals surface area (Å²) in [7, 11) is -3.54. The maximum absolute atomic E-state index is 12.3. The summed E-state index contributed by atoms with van der Waals surface area (Å²) >= 11 is 0. The third kappa shape index (κ3) is 3.09. The van der Waals surface area contributed by atoms with Crippen molar-refractivity contribution in [1.82, 2.24) is 4.72 Å². The lowest BCUT2D eigenvalue weighted by atomic mass is 9.94. The Bertz CT molecular complexity index is 541. The molecule has 1 aromatic carbocycles. The fourth-order valence-electron chi connectivity index (χ4n) is 2.91. The van der Waals surface area contributed by atoms with E-state index in [1.165, 1.54) is 24.3 Å². The highest BCUT2D eigenvalue weighted by Crippen LogP contribution is 2.34. The fourth-order valence-corrected chi connectivity index (χ4v) is 4.31. The summed E-state index contributed by atoms with van der Waals surface area (Å²) in [6, 6.07) is 5.77. The van der Waals surface area contributed by atoms with E-state index in [4.69, 9.17) is 0 Å². The lowest BCUT2D eigenvalue weighted by molar-refractivity contribution is 0.368. The predicted octanol–water partition coefficient (Wildman–Crippen LogP) is 2.50. The Kier molecular flexibility index (Phi) is 4.16. The molecule has 2 N–H and O–H groups in total. The molecule has 1 saturated carbocycles. The van der Waals surface area contributed by atoms with Gasteiger partial charge in [-0.1, -0.05) is 26.3 Å². The van der Waals surface area contributed by atoms with Gasteiger partial charge in [0.1, 0.15) is 5.75 Å². The summed E-state index contributed by atoms with van der Waals surface area (Å²) < 4.78 is 27.3. The Morgan fingerprint density at radius 3 is 2.68 bits per heavy atom. The Labute approximate surface area is 114 Å². The van der Waals surface area contributed by atoms with Crippen molar-refractivity contribution in [2.75, 3.05) is 0 Å². The summed E-state index contributed by atoms with van der Waals surface area (Å²) in [5.74, 6) is 0.919. The lowest BCUT2D eigenvalue weighted by Crippen LogP contribution is -2.37. The average molecular weight is 283 g/mol. The molecule has 0 saturated heterocycles. The molecular weight excluding hydrogens is 262 g/mol. The van der Waals surface area contributed by atoms with Gasteiger partial charge in [-0.05, 0) is 42.9 Å². The Balaban J connectivity index is 2.14. The summed E-state index contributed by atoms with van der Waals surface area (Å²) in [6.07, 6.45) is 3.05. The lowest BCUT2D eigenvalue weighted by Gasteiger charge is -2.21. The molecule has 4 nitrogen and oxygen atoms in total. The molecule has 2 rings (SSSR count). The monoisotopic (exact) mass is 283 g/mol. The molecule has 1 aromatic rings. The molecule has 1 fully saturated rings. The van der Waals surface area contributed by atoms with E-state index in [1.807, 2.05) is 0 Å². The van der Waals surface area contributed by atoms with E-state index in [0.29, 0.717) is 11.8 Å². The zero-order chi connectivity index (χ0) is 14.0. The van der Waals surface area contributed by atoms with E-state index < -0.39 is 10.0 Å². The summed E-state index contributed by atoms with van der Waals surface area (Å²) in [5.41, 5.74) is 0. The number of hydrogen-bond donors (Lipinski definition) is 2. The van der Waals surface area contributed by atoms with Gasteiger partial charge in [-0.2, -0.15) is 0 Å². The molecule has 19 heavy (non-hydrogen) atoms. The van der Waals surface area contributed by atoms with Crippen molar-refractivity contribution >= 4 is 10.0 Å². The number of nitrogens with one attached hydrogen (secondary N) is 1. The number of rotatable bonds is 4. The van der Waals surface area contributed by atoms with E-state index in [0.717, 1.165) is 19.3 Å². The van der Waals surface area contributed by atoms with E-state index in [9.17, 15) is 13.5 Å². The largest absolute Gasteiger partial charge is 0.508 e. The number of phenolic OH excluding ortho intramolecular Hbond substituents is 1. The van der Waals surface area contributed by atoms with Crippen LogP contribution in [-0.2, 0) is 10.0 Å². The van der Waals surface area contributed by atoms with Crippen molar-refractivity contribution < 1.29 is 13.5 Å². The molecule has 106 valence electrons. The van der Waals surface area contributed by atoms with Crippen LogP contribution in [0.5, 0.6) is 5.75 Å². The van der Waals surface area contributed by atoms with Crippen LogP contribution >= 0.6 is 0 Å². The number of aromatic hydroxyl groups is 1. The predicted molar refractivity (Wildman–Crippen MR) is 74.4 cm³/mol. The minimum Gasteiger partial charge on any atom is -0.508 e. The maximum atomic E-state index is 12.3. The highest BCUT2D eigenvalue weighted by molar-refractivity contribution is 7.89. The van der Waals surface area contributed by atoms with Gasteiger partial charge in [-0.3, -0.25) is 0 Å². The third-order valence-corrected chi connectivity index (χ3v) is 5.67. The van der Waals surface area contributed by atoms with E-state index in [2.05, 4.69) is 18.6 Å². The quantitative estimate of drug-likeness (QED) is 0.892. The van der Waals surface area contributed by atoms with Crippen LogP contribution in [0.25, 0.3) is 0 Å². The first-order valence-corrected chi connectivity index (χ1v) is 8.23. The summed E-state index contributed by atoms with van der Waals surface area (Å²) in [4.78, 5) is 0.125. The molecule has 3 atom stereocenters. The fraction of sp³-hybridized carbons (Fsp3) is 0.571. The molecule has 1 aliphatic rings. The van der Waals surface area contributed by atoms with Crippen LogP contribution in [0.3, 0.4) is 0 Å². The second-order valence-corrected chi connectivity index (χ2v) is 7.04. The molecule has 0 aromatic heterocycles. The molecule has 5 heteroatoms. The second kappa shape index (κ2) is 5.51. The minimum atomic E-state index is -3.54. The molecule has 0 bridgehead atoms. The molecule has 0 spiro atoms. The van der Waals surface area contributed by atoms with E-state index in [-0.39, 0.29) is 16.7 Å². The van der Waals surface area contributed by atoms with Gasteiger partial charge in [-0.25, -0.2) is 13.1 Å². The highest BCUT2D eigenvalue weighted by atomic mass is 32.2. The second-order valence-electron chi connectivity index (χ2n) is 5.33. The maximum Gasteiger partial charge on any atom is 0.240 e. The Morgan fingerprint density at radius 2 is 2.11 bits per heavy atom. The molecule has 1 aliphatic carbocycles. The van der Waals surface area contributed by atoms with Gasteiger partial charge in [0.2, 0.25) is 10.0 Å². The SMILES string of the molecule is CCC1CCC(NS(=O)(=O)c2cccc(O)c2)C1C. The molecule has 0 radical (unpaired) electrons. The van der Waals surface area contributed by atoms with Crippen molar-refractivity contribution in [2.24, 2.45) is 11.8 Å². The topological polar surface area (TPSA) is 66.4 Å². The van der Waals surface area contributed by atoms with Gasteiger partial charge >= 0.3 is 0 Å². The van der Waals surface area contributed by atoms with Gasteiger partial charge in [0.15, 0.2) is 0 Å². The molecular formula is C14H21NO3S. The normalized spacial score (nSPS) is 27.6. The molecule has 0 aliphatic heterocycles. The number of phenols is 1. The Morgan fingerprint density at radius 1 is 1.37 bits per heavy atom. The van der Waals surface area contributed by atoms with Crippen molar-refractivity contribution in [1.29, 1.82) is 0 Å². The van der Waals surface area contributed by atoms with Gasteiger partial charge in [0, 0.05) is 6.04 Å². The number of benzene rings is 1. The zero-order valence-electron chi connectivity index (χ0n) is 11.3. The van der Waals surface area contributed by atoms with Crippen molar-refractivity contribution in [3.05, 3.63) is 24.3 Å². The first-order valence-electron chi connectivity index (χ1n) is 6.75. The van der Waals surface area contributed by atoms with Crippen molar-refractivity contribution in [3.8, 4) is 5.75 Å². The molecule has 0 amide bonds. The molecule has 3 unspecified atom stereocenters. The molecule has 0 heterocycles. The highest BCUT2D eigenvalue weighted by Gasteiger charge is 2.34. The van der Waals surface area contributed by atoms with Gasteiger partial charge in [-0.15, -0.1) is 0 Å². The zero-order valence-corrected chi connectivity index (χ0v) is 12.2. The van der Waals surface area contributed by atoms with Gasteiger partial charge in [0.05, 0.1) is 4.90 Å². The first kappa shape index (κ1) is 14.3. The van der Waals surface area contributed by atoms with Crippen molar-refractivity contribution in [2.45, 2.75) is 44.0 Å². The van der Waals surface area contributed by atoms with Crippen LogP contribution in [0.4, 0.5) is 0 Å². The number of sulfonamides is 1. The smallest absolute Gasteiger partial charge is 0.240 e. The van der Waals surface area contributed by atoms with E-state index >= 15 is 0 Å². The van der Waals surface area contributed by atoms with Gasteiger partial charge < -0.3 is 5.11 Å². The minimum absolute atomic E-state index is 0.00250. The van der Waals surface area contributed by atoms with Crippen molar-refractivity contribution in [3.63, 3.8) is 0 Å². The third-order valence-electron chi connectivity index (χ3n) is 4.19. The summed E-state index contributed by atoms with van der Waals surface area (Å²) in [6.45, 7) is 4.25. The van der Waals surface area contributed by atoms with Crippen LogP contribution < -0.4 is 4.72 Å². The first-order chi connectivity index (χ1) is 8.94. The van der Waals surface area contributed by atoms with Crippen LogP contribution in [0.1, 0.15) is 33.1 Å². The van der Waals surface area contributed by atoms with Crippen LogP contribution in [0, 0.1) is 11.8 Å². The Hall–Kier alpha value is -1.07. The van der Waals surface area contributed by atoms with E-state index in [1.54, 1.807) is 0 Å². The van der Waals surface area contributed by atoms with Crippen LogP contribution in [0.2, 0.25) is 0 Å². The average Bonchev–Trinajstić information content (AvgIpc) is 2.70. The van der Waals surface area contributed by atoms with Gasteiger partial charge in [0.25, 0.3) is 0 Å². The number of hydrogen-bond acceptors (Lipinski definition) is 3. The summed E-state index contributed by atoms with van der Waals surface area (Å²) in [5, 5.41) is 9.38. The standard InChI is InChI=1S/C14H21NO3S/c1-3-11-7-8-14(10(11)2)15-19(17,18)13-6-4-5-12(16)9-13/h4-6,9-11,14-16H,3,7-8H2,1-2H3.